The number of sulfonamides is 1. The summed E-state index contributed by atoms with van der Waals surface area (Å²) in [6.45, 7) is -0.0844. The van der Waals surface area contributed by atoms with Crippen molar-refractivity contribution in [3.05, 3.63) is 59.9 Å². The van der Waals surface area contributed by atoms with E-state index >= 15 is 0 Å². The number of aliphatic hydroxyl groups is 1. The summed E-state index contributed by atoms with van der Waals surface area (Å²) < 4.78 is 26.9. The summed E-state index contributed by atoms with van der Waals surface area (Å²) in [5, 5.41) is 8.64. The van der Waals surface area contributed by atoms with E-state index in [1.165, 1.54) is 18.5 Å². The van der Waals surface area contributed by atoms with Gasteiger partial charge in [0.15, 0.2) is 0 Å². The van der Waals surface area contributed by atoms with E-state index in [1.807, 2.05) is 30.3 Å². The number of nitrogens with one attached hydrogen (secondary N) is 1. The molecule has 0 spiro atoms. The van der Waals surface area contributed by atoms with Crippen LogP contribution in [0.25, 0.3) is 0 Å². The van der Waals surface area contributed by atoms with Crippen LogP contribution in [0.5, 0.6) is 0 Å². The second-order valence-corrected chi connectivity index (χ2v) is 5.95. The summed E-state index contributed by atoms with van der Waals surface area (Å²) in [4.78, 5) is 3.90. The van der Waals surface area contributed by atoms with Crippen LogP contribution in [0.2, 0.25) is 0 Å². The molecule has 1 aromatic heterocycles. The fourth-order valence-electron chi connectivity index (χ4n) is 1.63. The molecule has 1 aromatic carbocycles. The van der Waals surface area contributed by atoms with E-state index in [4.69, 9.17) is 5.11 Å². The number of pyridine rings is 1. The molecule has 0 aliphatic rings. The Balaban J connectivity index is 2.16. The lowest BCUT2D eigenvalue weighted by atomic mass is 10.2. The van der Waals surface area contributed by atoms with Gasteiger partial charge in [-0.25, -0.2) is 13.1 Å². The van der Waals surface area contributed by atoms with Gasteiger partial charge < -0.3 is 5.11 Å². The molecular weight excluding hydrogens is 288 g/mol. The van der Waals surface area contributed by atoms with Crippen LogP contribution in [0.1, 0.15) is 11.1 Å². The second-order valence-electron chi connectivity index (χ2n) is 4.18. The summed E-state index contributed by atoms with van der Waals surface area (Å²) >= 11 is 0. The first kappa shape index (κ1) is 15.2. The van der Waals surface area contributed by atoms with Crippen molar-refractivity contribution in [3.8, 4) is 11.8 Å². The minimum atomic E-state index is -3.65. The van der Waals surface area contributed by atoms with Gasteiger partial charge in [0.25, 0.3) is 0 Å². The van der Waals surface area contributed by atoms with Gasteiger partial charge in [0.05, 0.1) is 0 Å². The van der Waals surface area contributed by atoms with Crippen LogP contribution >= 0.6 is 0 Å². The zero-order chi connectivity index (χ0) is 15.1. The third kappa shape index (κ3) is 4.39. The number of nitrogens with zero attached hydrogens (tertiary/aromatic N) is 1. The fraction of sp³-hybridized carbons (Fsp3) is 0.133. The third-order valence-electron chi connectivity index (χ3n) is 2.64. The van der Waals surface area contributed by atoms with Crippen LogP contribution in [0, 0.1) is 11.8 Å². The first-order valence-electron chi connectivity index (χ1n) is 6.20. The number of benzene rings is 1. The maximum atomic E-state index is 12.2. The van der Waals surface area contributed by atoms with E-state index in [0.29, 0.717) is 5.56 Å². The highest BCUT2D eigenvalue weighted by Crippen LogP contribution is 2.10. The lowest BCUT2D eigenvalue weighted by molar-refractivity contribution is 0.350. The van der Waals surface area contributed by atoms with Crippen LogP contribution in [0.15, 0.2) is 53.7 Å². The number of aliphatic hydroxyl groups excluding tert-OH is 1. The molecule has 0 amide bonds. The number of hydrogen-bond acceptors (Lipinski definition) is 4. The maximum Gasteiger partial charge on any atom is 0.242 e. The standard InChI is InChI=1S/C15H14N2O3S/c18-8-4-7-14-9-15(12-16-10-14)21(19,20)17-11-13-5-2-1-3-6-13/h1-3,5-6,9-10,12,17-18H,8,11H2. The highest BCUT2D eigenvalue weighted by molar-refractivity contribution is 7.89. The molecule has 21 heavy (non-hydrogen) atoms. The highest BCUT2D eigenvalue weighted by atomic mass is 32.2. The van der Waals surface area contributed by atoms with Crippen LogP contribution in [-0.4, -0.2) is 25.1 Å². The molecule has 2 rings (SSSR count). The van der Waals surface area contributed by atoms with E-state index in [-0.39, 0.29) is 18.0 Å². The molecule has 0 fully saturated rings. The normalized spacial score (nSPS) is 10.7. The Kier molecular flexibility index (Phi) is 5.06. The SMILES string of the molecule is O=S(=O)(NCc1ccccc1)c1cncc(C#CCO)c1. The highest BCUT2D eigenvalue weighted by Gasteiger charge is 2.14. The predicted octanol–water partition coefficient (Wildman–Crippen LogP) is 0.904. The van der Waals surface area contributed by atoms with Crippen molar-refractivity contribution in [1.82, 2.24) is 9.71 Å². The van der Waals surface area contributed by atoms with Crippen molar-refractivity contribution in [1.29, 1.82) is 0 Å². The van der Waals surface area contributed by atoms with Gasteiger partial charge >= 0.3 is 0 Å². The summed E-state index contributed by atoms with van der Waals surface area (Å²) in [6.07, 6.45) is 2.70. The minimum absolute atomic E-state index is 0.0446. The first-order valence-corrected chi connectivity index (χ1v) is 7.68. The van der Waals surface area contributed by atoms with Gasteiger partial charge in [0, 0.05) is 24.5 Å². The van der Waals surface area contributed by atoms with Crippen molar-refractivity contribution in [2.75, 3.05) is 6.61 Å². The molecule has 0 unspecified atom stereocenters. The average molecular weight is 302 g/mol. The van der Waals surface area contributed by atoms with E-state index < -0.39 is 10.0 Å². The Morgan fingerprint density at radius 2 is 1.95 bits per heavy atom. The largest absolute Gasteiger partial charge is 0.384 e. The van der Waals surface area contributed by atoms with Gasteiger partial charge in [0.2, 0.25) is 10.0 Å². The van der Waals surface area contributed by atoms with Crippen LogP contribution < -0.4 is 4.72 Å². The Morgan fingerprint density at radius 3 is 2.67 bits per heavy atom. The smallest absolute Gasteiger partial charge is 0.242 e. The molecule has 1 heterocycles. The van der Waals surface area contributed by atoms with Crippen molar-refractivity contribution >= 4 is 10.0 Å². The number of hydrogen-bond donors (Lipinski definition) is 2. The summed E-state index contributed by atoms with van der Waals surface area (Å²) in [5.41, 5.74) is 1.30. The quantitative estimate of drug-likeness (QED) is 0.823. The van der Waals surface area contributed by atoms with E-state index in [2.05, 4.69) is 21.5 Å². The molecular formula is C15H14N2O3S. The number of rotatable bonds is 4. The Bertz CT molecular complexity index is 762. The summed E-state index contributed by atoms with van der Waals surface area (Å²) in [5.74, 6) is 5.08. The molecule has 0 saturated carbocycles. The van der Waals surface area contributed by atoms with Crippen molar-refractivity contribution in [2.24, 2.45) is 0 Å². The molecule has 0 radical (unpaired) electrons. The molecule has 0 aliphatic carbocycles. The molecule has 0 saturated heterocycles. The first-order chi connectivity index (χ1) is 10.1. The van der Waals surface area contributed by atoms with Crippen molar-refractivity contribution < 1.29 is 13.5 Å². The minimum Gasteiger partial charge on any atom is -0.384 e. The topological polar surface area (TPSA) is 79.3 Å². The Morgan fingerprint density at radius 1 is 1.19 bits per heavy atom. The van der Waals surface area contributed by atoms with Crippen LogP contribution in [-0.2, 0) is 16.6 Å². The average Bonchev–Trinajstić information content (AvgIpc) is 2.52. The Labute approximate surface area is 123 Å². The second kappa shape index (κ2) is 6.99. The molecule has 2 aromatic rings. The van der Waals surface area contributed by atoms with Crippen molar-refractivity contribution in [2.45, 2.75) is 11.4 Å². The van der Waals surface area contributed by atoms with Gasteiger partial charge in [-0.3, -0.25) is 4.98 Å². The van der Waals surface area contributed by atoms with E-state index in [0.717, 1.165) is 5.56 Å². The zero-order valence-corrected chi connectivity index (χ0v) is 12.0. The molecule has 108 valence electrons. The molecule has 0 aliphatic heterocycles. The fourth-order valence-corrected chi connectivity index (χ4v) is 2.64. The van der Waals surface area contributed by atoms with Crippen LogP contribution in [0.3, 0.4) is 0 Å². The lowest BCUT2D eigenvalue weighted by Crippen LogP contribution is -2.23. The summed E-state index contributed by atoms with van der Waals surface area (Å²) in [6, 6.07) is 10.6. The van der Waals surface area contributed by atoms with E-state index in [9.17, 15) is 8.42 Å². The van der Waals surface area contributed by atoms with Crippen LogP contribution in [0.4, 0.5) is 0 Å². The molecule has 6 heteroatoms. The molecule has 0 bridgehead atoms. The molecule has 2 N–H and O–H groups in total. The van der Waals surface area contributed by atoms with Gasteiger partial charge in [-0.1, -0.05) is 42.2 Å². The monoisotopic (exact) mass is 302 g/mol. The van der Waals surface area contributed by atoms with E-state index in [1.54, 1.807) is 0 Å². The van der Waals surface area contributed by atoms with Crippen molar-refractivity contribution in [3.63, 3.8) is 0 Å². The molecule has 5 nitrogen and oxygen atoms in total. The van der Waals surface area contributed by atoms with Gasteiger partial charge in [0.1, 0.15) is 11.5 Å². The molecule has 0 atom stereocenters. The lowest BCUT2D eigenvalue weighted by Gasteiger charge is -2.06. The van der Waals surface area contributed by atoms with Gasteiger partial charge in [-0.05, 0) is 11.6 Å². The number of aromatic nitrogens is 1. The summed E-state index contributed by atoms with van der Waals surface area (Å²) in [7, 11) is -3.65. The predicted molar refractivity (Wildman–Crippen MR) is 78.7 cm³/mol. The third-order valence-corrected chi connectivity index (χ3v) is 4.01. The maximum absolute atomic E-state index is 12.2. The Hall–Kier alpha value is -2.20. The van der Waals surface area contributed by atoms with Gasteiger partial charge in [-0.15, -0.1) is 0 Å². The van der Waals surface area contributed by atoms with Gasteiger partial charge in [-0.2, -0.15) is 0 Å². The zero-order valence-electron chi connectivity index (χ0n) is 11.2.